The molecule has 1 saturated heterocycles. The van der Waals surface area contributed by atoms with Crippen molar-refractivity contribution in [2.75, 3.05) is 31.2 Å². The van der Waals surface area contributed by atoms with Crippen LogP contribution in [0.25, 0.3) is 0 Å². The minimum Gasteiger partial charge on any atom is -0.378 e. The zero-order chi connectivity index (χ0) is 22.5. The van der Waals surface area contributed by atoms with Gasteiger partial charge in [0.15, 0.2) is 0 Å². The molecule has 9 nitrogen and oxygen atoms in total. The predicted molar refractivity (Wildman–Crippen MR) is 119 cm³/mol. The average molecular weight is 438 g/mol. The maximum absolute atomic E-state index is 13.1. The number of amides is 1. The molecule has 0 bridgehead atoms. The number of hydrogen-bond acceptors (Lipinski definition) is 7. The molecule has 32 heavy (non-hydrogen) atoms. The fourth-order valence-corrected chi connectivity index (χ4v) is 3.85. The molecule has 1 aliphatic rings. The molecule has 9 heteroatoms. The fourth-order valence-electron chi connectivity index (χ4n) is 3.85. The Morgan fingerprint density at radius 2 is 2.00 bits per heavy atom. The first-order chi connectivity index (χ1) is 15.5. The molecule has 0 radical (unpaired) electrons. The predicted octanol–water partition coefficient (Wildman–Crippen LogP) is 2.18. The highest BCUT2D eigenvalue weighted by molar-refractivity contribution is 5.96. The largest absolute Gasteiger partial charge is 0.378 e. The number of aromatic amines is 1. The molecule has 4 rings (SSSR count). The van der Waals surface area contributed by atoms with Gasteiger partial charge in [0.25, 0.3) is 11.5 Å². The van der Waals surface area contributed by atoms with E-state index in [1.54, 1.807) is 6.92 Å². The zero-order valence-electron chi connectivity index (χ0n) is 18.3. The lowest BCUT2D eigenvalue weighted by Gasteiger charge is -2.27. The molecule has 0 unspecified atom stereocenters. The molecule has 2 aromatic heterocycles. The number of hydrogen-bond donors (Lipinski definition) is 2. The fraction of sp³-hybridized carbons (Fsp3) is 0.391. The quantitative estimate of drug-likeness (QED) is 0.582. The number of carbonyl (C=O) groups excluding carboxylic acids is 1. The molecule has 3 heterocycles. The lowest BCUT2D eigenvalue weighted by atomic mass is 10.0. The number of aryl methyl sites for hydroxylation is 2. The minimum atomic E-state index is -0.380. The van der Waals surface area contributed by atoms with E-state index in [0.717, 1.165) is 5.56 Å². The lowest BCUT2D eigenvalue weighted by molar-refractivity contribution is 0.0934. The highest BCUT2D eigenvalue weighted by Gasteiger charge is 2.24. The van der Waals surface area contributed by atoms with Crippen LogP contribution in [0, 0.1) is 6.92 Å². The summed E-state index contributed by atoms with van der Waals surface area (Å²) in [6.07, 6.45) is 0.956. The van der Waals surface area contributed by atoms with Gasteiger partial charge in [-0.15, -0.1) is 0 Å². The van der Waals surface area contributed by atoms with Crippen molar-refractivity contribution < 1.29 is 14.1 Å². The van der Waals surface area contributed by atoms with Gasteiger partial charge >= 0.3 is 0 Å². The van der Waals surface area contributed by atoms with Crippen molar-refractivity contribution in [1.29, 1.82) is 0 Å². The van der Waals surface area contributed by atoms with Gasteiger partial charge in [0.05, 0.1) is 30.6 Å². The second-order valence-electron chi connectivity index (χ2n) is 7.71. The van der Waals surface area contributed by atoms with E-state index in [1.165, 1.54) is 6.07 Å². The van der Waals surface area contributed by atoms with Crippen LogP contribution in [0.5, 0.6) is 0 Å². The summed E-state index contributed by atoms with van der Waals surface area (Å²) in [6, 6.07) is 10.7. The molecule has 1 amide bonds. The second kappa shape index (κ2) is 9.78. The summed E-state index contributed by atoms with van der Waals surface area (Å²) >= 11 is 0. The summed E-state index contributed by atoms with van der Waals surface area (Å²) in [6.45, 7) is 6.17. The first kappa shape index (κ1) is 21.8. The molecule has 2 N–H and O–H groups in total. The number of carbonyl (C=O) groups is 1. The van der Waals surface area contributed by atoms with E-state index in [1.807, 2.05) is 42.2 Å². The SMILES string of the molecule is CCc1noc(C)c1C(=O)N[C@@H](Cc1cc(=O)[nH]c(N2CCOCC2)n1)c1ccccc1. The average Bonchev–Trinajstić information content (AvgIpc) is 3.20. The van der Waals surface area contributed by atoms with Crippen molar-refractivity contribution in [3.05, 3.63) is 75.0 Å². The van der Waals surface area contributed by atoms with Gasteiger partial charge in [-0.2, -0.15) is 0 Å². The molecule has 0 aliphatic carbocycles. The van der Waals surface area contributed by atoms with Crippen LogP contribution in [0.2, 0.25) is 0 Å². The molecule has 0 saturated carbocycles. The molecule has 1 atom stereocenters. The second-order valence-corrected chi connectivity index (χ2v) is 7.71. The van der Waals surface area contributed by atoms with E-state index >= 15 is 0 Å². The minimum absolute atomic E-state index is 0.224. The van der Waals surface area contributed by atoms with Crippen molar-refractivity contribution in [2.24, 2.45) is 0 Å². The Morgan fingerprint density at radius 1 is 1.25 bits per heavy atom. The van der Waals surface area contributed by atoms with Crippen LogP contribution in [0.15, 0.2) is 45.7 Å². The standard InChI is InChI=1S/C23H27N5O4/c1-3-18-21(15(2)32-27-18)22(30)25-19(16-7-5-4-6-8-16)13-17-14-20(29)26-23(24-17)28-9-11-31-12-10-28/h4-8,14,19H,3,9-13H2,1-2H3,(H,25,30)(H,24,26,29)/t19-/m0/s1. The van der Waals surface area contributed by atoms with Crippen LogP contribution in [0.1, 0.15) is 46.0 Å². The molecule has 1 fully saturated rings. The van der Waals surface area contributed by atoms with E-state index in [2.05, 4.69) is 20.4 Å². The van der Waals surface area contributed by atoms with E-state index in [4.69, 9.17) is 9.26 Å². The van der Waals surface area contributed by atoms with Gasteiger partial charge in [-0.1, -0.05) is 42.4 Å². The Balaban J connectivity index is 1.62. The number of H-pyrrole nitrogens is 1. The number of benzene rings is 1. The summed E-state index contributed by atoms with van der Waals surface area (Å²) in [7, 11) is 0. The Hall–Kier alpha value is -3.46. The van der Waals surface area contributed by atoms with Crippen LogP contribution < -0.4 is 15.8 Å². The number of anilines is 1. The first-order valence-electron chi connectivity index (χ1n) is 10.8. The van der Waals surface area contributed by atoms with Crippen molar-refractivity contribution in [3.8, 4) is 0 Å². The Bertz CT molecular complexity index is 1120. The molecular weight excluding hydrogens is 410 g/mol. The van der Waals surface area contributed by atoms with Gasteiger partial charge < -0.3 is 19.5 Å². The zero-order valence-corrected chi connectivity index (χ0v) is 18.3. The summed E-state index contributed by atoms with van der Waals surface area (Å²) in [5.74, 6) is 0.750. The Kier molecular flexibility index (Phi) is 6.65. The van der Waals surface area contributed by atoms with Gasteiger partial charge in [0.2, 0.25) is 5.95 Å². The third-order valence-corrected chi connectivity index (χ3v) is 5.51. The Morgan fingerprint density at radius 3 is 2.72 bits per heavy atom. The van der Waals surface area contributed by atoms with E-state index in [0.29, 0.717) is 67.8 Å². The highest BCUT2D eigenvalue weighted by Crippen LogP contribution is 2.21. The van der Waals surface area contributed by atoms with Crippen molar-refractivity contribution in [1.82, 2.24) is 20.4 Å². The maximum atomic E-state index is 13.1. The summed E-state index contributed by atoms with van der Waals surface area (Å²) < 4.78 is 10.6. The van der Waals surface area contributed by atoms with E-state index in [9.17, 15) is 9.59 Å². The number of aromatic nitrogens is 3. The van der Waals surface area contributed by atoms with Gasteiger partial charge in [0.1, 0.15) is 11.3 Å². The molecule has 0 spiro atoms. The van der Waals surface area contributed by atoms with Crippen LogP contribution in [0.4, 0.5) is 5.95 Å². The van der Waals surface area contributed by atoms with Crippen LogP contribution >= 0.6 is 0 Å². The third-order valence-electron chi connectivity index (χ3n) is 5.51. The number of nitrogens with one attached hydrogen (secondary N) is 2. The Labute approximate surface area is 185 Å². The van der Waals surface area contributed by atoms with Crippen molar-refractivity contribution in [3.63, 3.8) is 0 Å². The molecule has 1 aromatic carbocycles. The molecule has 3 aromatic rings. The number of rotatable bonds is 7. The normalized spacial score (nSPS) is 14.9. The molecule has 168 valence electrons. The van der Waals surface area contributed by atoms with Crippen LogP contribution in [-0.4, -0.2) is 47.3 Å². The third kappa shape index (κ3) is 4.88. The number of nitrogens with zero attached hydrogens (tertiary/aromatic N) is 3. The van der Waals surface area contributed by atoms with Crippen LogP contribution in [-0.2, 0) is 17.6 Å². The van der Waals surface area contributed by atoms with Gasteiger partial charge in [-0.3, -0.25) is 14.6 Å². The summed E-state index contributed by atoms with van der Waals surface area (Å²) in [5, 5.41) is 7.08. The van der Waals surface area contributed by atoms with Gasteiger partial charge in [-0.05, 0) is 18.9 Å². The van der Waals surface area contributed by atoms with E-state index in [-0.39, 0.29) is 17.5 Å². The number of morpholine rings is 1. The van der Waals surface area contributed by atoms with Gasteiger partial charge in [0, 0.05) is 25.6 Å². The first-order valence-corrected chi connectivity index (χ1v) is 10.8. The van der Waals surface area contributed by atoms with E-state index < -0.39 is 0 Å². The summed E-state index contributed by atoms with van der Waals surface area (Å²) in [5.41, 5.74) is 2.37. The topological polar surface area (TPSA) is 113 Å². The van der Waals surface area contributed by atoms with Gasteiger partial charge in [-0.25, -0.2) is 4.98 Å². The van der Waals surface area contributed by atoms with Crippen molar-refractivity contribution in [2.45, 2.75) is 32.7 Å². The maximum Gasteiger partial charge on any atom is 0.257 e. The van der Waals surface area contributed by atoms with Crippen LogP contribution in [0.3, 0.4) is 0 Å². The van der Waals surface area contributed by atoms with Crippen molar-refractivity contribution >= 4 is 11.9 Å². The molecule has 1 aliphatic heterocycles. The molecular formula is C23H27N5O4. The summed E-state index contributed by atoms with van der Waals surface area (Å²) in [4.78, 5) is 35.0. The smallest absolute Gasteiger partial charge is 0.257 e. The monoisotopic (exact) mass is 437 g/mol. The highest BCUT2D eigenvalue weighted by atomic mass is 16.5. The number of ether oxygens (including phenoxy) is 1. The lowest BCUT2D eigenvalue weighted by Crippen LogP contribution is -2.38.